The molecule has 0 spiro atoms. The highest BCUT2D eigenvalue weighted by molar-refractivity contribution is 7.85. The topological polar surface area (TPSA) is 140 Å². The first kappa shape index (κ1) is 23.4. The highest BCUT2D eigenvalue weighted by Crippen LogP contribution is 2.36. The van der Waals surface area contributed by atoms with Gasteiger partial charge in [0.05, 0.1) is 15.6 Å². The summed E-state index contributed by atoms with van der Waals surface area (Å²) in [5.41, 5.74) is 0.100. The van der Waals surface area contributed by atoms with Gasteiger partial charge in [-0.25, -0.2) is 9.18 Å². The Kier molecular flexibility index (Phi) is 6.09. The molecule has 4 rings (SSSR count). The molecular formula is C22H14ClFN2O7S. The molecule has 0 radical (unpaired) electrons. The quantitative estimate of drug-likeness (QED) is 0.161. The van der Waals surface area contributed by atoms with Crippen LogP contribution in [0.2, 0.25) is 5.02 Å². The third-order valence-corrected chi connectivity index (χ3v) is 6.28. The third-order valence-electron chi connectivity index (χ3n) is 5.03. The third kappa shape index (κ3) is 4.49. The Hall–Kier alpha value is -3.80. The van der Waals surface area contributed by atoms with Gasteiger partial charge < -0.3 is 9.73 Å². The molecule has 4 aromatic rings. The van der Waals surface area contributed by atoms with E-state index < -0.39 is 36.4 Å². The summed E-state index contributed by atoms with van der Waals surface area (Å²) in [7, 11) is -4.92. The van der Waals surface area contributed by atoms with Crippen molar-refractivity contribution in [2.24, 2.45) is 0 Å². The Balaban J connectivity index is 1.86. The van der Waals surface area contributed by atoms with Gasteiger partial charge in [-0.3, -0.25) is 14.7 Å². The van der Waals surface area contributed by atoms with E-state index in [4.69, 9.17) is 16.0 Å². The molecule has 0 amide bonds. The first-order valence-corrected chi connectivity index (χ1v) is 11.4. The lowest BCUT2D eigenvalue weighted by Gasteiger charge is -2.16. The summed E-state index contributed by atoms with van der Waals surface area (Å²) < 4.78 is 52.7. The minimum Gasteiger partial charge on any atom is -0.423 e. The van der Waals surface area contributed by atoms with Gasteiger partial charge in [0.25, 0.3) is 15.8 Å². The number of hydrogen-bond donors (Lipinski definition) is 2. The second-order valence-corrected chi connectivity index (χ2v) is 8.91. The normalized spacial score (nSPS) is 11.5. The number of hydrogen-bond acceptors (Lipinski definition) is 7. The lowest BCUT2D eigenvalue weighted by molar-refractivity contribution is -0.384. The van der Waals surface area contributed by atoms with E-state index in [1.165, 1.54) is 18.2 Å². The highest BCUT2D eigenvalue weighted by atomic mass is 35.5. The molecule has 1 aromatic heterocycles. The molecule has 1 heterocycles. The number of benzene rings is 3. The number of anilines is 1. The Labute approximate surface area is 196 Å². The highest BCUT2D eigenvalue weighted by Gasteiger charge is 2.25. The van der Waals surface area contributed by atoms with Gasteiger partial charge in [0.2, 0.25) is 0 Å². The fraction of sp³-hybridized carbons (Fsp3) is 0.0455. The first-order chi connectivity index (χ1) is 16.1. The zero-order valence-corrected chi connectivity index (χ0v) is 18.6. The van der Waals surface area contributed by atoms with Crippen LogP contribution in [0.3, 0.4) is 0 Å². The van der Waals surface area contributed by atoms with Gasteiger partial charge >= 0.3 is 5.63 Å². The summed E-state index contributed by atoms with van der Waals surface area (Å²) in [6.45, 7) is -0.201. The second-order valence-electron chi connectivity index (χ2n) is 7.14. The van der Waals surface area contributed by atoms with E-state index in [1.807, 2.05) is 0 Å². The van der Waals surface area contributed by atoms with E-state index >= 15 is 0 Å². The van der Waals surface area contributed by atoms with Gasteiger partial charge in [-0.2, -0.15) is 8.42 Å². The molecule has 0 unspecified atom stereocenters. The number of nitro benzene ring substituents is 1. The molecule has 9 nitrogen and oxygen atoms in total. The van der Waals surface area contributed by atoms with Crippen molar-refractivity contribution in [3.8, 4) is 11.1 Å². The summed E-state index contributed by atoms with van der Waals surface area (Å²) >= 11 is 6.18. The van der Waals surface area contributed by atoms with Crippen molar-refractivity contribution < 1.29 is 26.7 Å². The van der Waals surface area contributed by atoms with E-state index in [0.717, 1.165) is 12.1 Å². The molecule has 0 saturated heterocycles. The molecule has 0 aliphatic carbocycles. The first-order valence-electron chi connectivity index (χ1n) is 9.56. The number of nitro groups is 1. The maximum Gasteiger partial charge on any atom is 0.338 e. The zero-order valence-electron chi connectivity index (χ0n) is 17.0. The average molecular weight is 505 g/mol. The van der Waals surface area contributed by atoms with Crippen molar-refractivity contribution in [1.29, 1.82) is 0 Å². The second kappa shape index (κ2) is 8.86. The molecule has 12 heteroatoms. The average Bonchev–Trinajstić information content (AvgIpc) is 2.79. The van der Waals surface area contributed by atoms with Crippen molar-refractivity contribution in [1.82, 2.24) is 0 Å². The van der Waals surface area contributed by atoms with Crippen LogP contribution < -0.4 is 10.9 Å². The van der Waals surface area contributed by atoms with Crippen molar-refractivity contribution in [3.63, 3.8) is 0 Å². The van der Waals surface area contributed by atoms with Crippen LogP contribution in [0.5, 0.6) is 0 Å². The van der Waals surface area contributed by atoms with Gasteiger partial charge in [-0.15, -0.1) is 0 Å². The molecular weight excluding hydrogens is 491 g/mol. The SMILES string of the molecule is O=c1cc(NCc2c(-c3ccccc3)cc(S(=O)(=O)O)c(F)c2Cl)c2cc([N+](=O)[O-])ccc2o1. The van der Waals surface area contributed by atoms with Crippen LogP contribution >= 0.6 is 11.6 Å². The minimum atomic E-state index is -4.92. The van der Waals surface area contributed by atoms with Crippen LogP contribution in [0.1, 0.15) is 5.56 Å². The van der Waals surface area contributed by atoms with E-state index in [2.05, 4.69) is 5.32 Å². The lowest BCUT2D eigenvalue weighted by atomic mass is 9.99. The maximum absolute atomic E-state index is 14.8. The molecule has 2 N–H and O–H groups in total. The predicted molar refractivity (Wildman–Crippen MR) is 123 cm³/mol. The Morgan fingerprint density at radius 1 is 1.12 bits per heavy atom. The standard InChI is InChI=1S/C22H14ClFN2O7S/c23-21-16(14(12-4-2-1-3-5-12)9-19(22(21)24)34(30,31)32)11-25-17-10-20(27)33-18-7-6-13(26(28)29)8-15(17)18/h1-10,25H,11H2,(H,30,31,32). The summed E-state index contributed by atoms with van der Waals surface area (Å²) in [6, 6.07) is 14.1. The van der Waals surface area contributed by atoms with Gasteiger partial charge in [0.1, 0.15) is 10.5 Å². The number of non-ortho nitro benzene ring substituents is 1. The fourth-order valence-corrected chi connectivity index (χ4v) is 4.39. The molecule has 0 aliphatic rings. The molecule has 34 heavy (non-hydrogen) atoms. The smallest absolute Gasteiger partial charge is 0.338 e. The summed E-state index contributed by atoms with van der Waals surface area (Å²) in [5.74, 6) is -1.34. The number of nitrogens with one attached hydrogen (secondary N) is 1. The molecule has 0 atom stereocenters. The van der Waals surface area contributed by atoms with Gasteiger partial charge in [0, 0.05) is 35.7 Å². The predicted octanol–water partition coefficient (Wildman–Crippen LogP) is 5.02. The van der Waals surface area contributed by atoms with Crippen LogP contribution in [0, 0.1) is 15.9 Å². The number of fused-ring (bicyclic) bond motifs is 1. The zero-order chi connectivity index (χ0) is 24.6. The van der Waals surface area contributed by atoms with Crippen LogP contribution in [-0.2, 0) is 16.7 Å². The van der Waals surface area contributed by atoms with Crippen molar-refractivity contribution in [3.05, 3.63) is 97.6 Å². The van der Waals surface area contributed by atoms with Crippen LogP contribution in [-0.4, -0.2) is 17.9 Å². The molecule has 0 bridgehead atoms. The monoisotopic (exact) mass is 504 g/mol. The van der Waals surface area contributed by atoms with Gasteiger partial charge in [-0.1, -0.05) is 41.9 Å². The van der Waals surface area contributed by atoms with Crippen LogP contribution in [0.25, 0.3) is 22.1 Å². The lowest BCUT2D eigenvalue weighted by Crippen LogP contribution is -2.10. The Morgan fingerprint density at radius 2 is 1.82 bits per heavy atom. The molecule has 174 valence electrons. The molecule has 0 aliphatic heterocycles. The largest absolute Gasteiger partial charge is 0.423 e. The number of rotatable bonds is 6. The minimum absolute atomic E-state index is 0.0860. The van der Waals surface area contributed by atoms with E-state index in [1.54, 1.807) is 30.3 Å². The molecule has 0 saturated carbocycles. The van der Waals surface area contributed by atoms with Crippen molar-refractivity contribution in [2.75, 3.05) is 5.32 Å². The van der Waals surface area contributed by atoms with Crippen molar-refractivity contribution >= 4 is 44.1 Å². The number of nitrogens with zero attached hydrogens (tertiary/aromatic N) is 1. The van der Waals surface area contributed by atoms with Crippen LogP contribution in [0.15, 0.2) is 74.8 Å². The Morgan fingerprint density at radius 3 is 2.47 bits per heavy atom. The van der Waals surface area contributed by atoms with E-state index in [-0.39, 0.29) is 40.0 Å². The van der Waals surface area contributed by atoms with Crippen molar-refractivity contribution in [2.45, 2.75) is 11.4 Å². The molecule has 3 aromatic carbocycles. The van der Waals surface area contributed by atoms with E-state index in [9.17, 15) is 32.3 Å². The summed E-state index contributed by atoms with van der Waals surface area (Å²) in [4.78, 5) is 21.5. The summed E-state index contributed by atoms with van der Waals surface area (Å²) in [5, 5.41) is 13.7. The Bertz CT molecular complexity index is 1610. The summed E-state index contributed by atoms with van der Waals surface area (Å²) in [6.07, 6.45) is 0. The van der Waals surface area contributed by atoms with Gasteiger partial charge in [0.15, 0.2) is 5.82 Å². The van der Waals surface area contributed by atoms with E-state index in [0.29, 0.717) is 5.56 Å². The maximum atomic E-state index is 14.8. The molecule has 0 fully saturated rings. The van der Waals surface area contributed by atoms with Crippen LogP contribution in [0.4, 0.5) is 15.8 Å². The fourth-order valence-electron chi connectivity index (χ4n) is 3.47. The number of halogens is 2. The van der Waals surface area contributed by atoms with Gasteiger partial charge in [-0.05, 0) is 23.3 Å².